The van der Waals surface area contributed by atoms with Crippen molar-refractivity contribution in [3.63, 3.8) is 0 Å². The second-order valence-electron chi connectivity index (χ2n) is 4.89. The van der Waals surface area contributed by atoms with Crippen molar-refractivity contribution in [3.05, 3.63) is 72.8 Å². The second kappa shape index (κ2) is 4.59. The van der Waals surface area contributed by atoms with E-state index in [0.29, 0.717) is 5.52 Å². The van der Waals surface area contributed by atoms with Gasteiger partial charge in [0.2, 0.25) is 0 Å². The lowest BCUT2D eigenvalue weighted by molar-refractivity contribution is 0.629. The Balaban J connectivity index is 1.83. The Hall–Kier alpha value is -2.88. The van der Waals surface area contributed by atoms with Crippen molar-refractivity contribution in [2.75, 3.05) is 0 Å². The summed E-state index contributed by atoms with van der Waals surface area (Å²) >= 11 is 0. The number of imidazole rings is 1. The lowest BCUT2D eigenvalue weighted by Crippen LogP contribution is -1.90. The van der Waals surface area contributed by atoms with Crippen LogP contribution in [0.15, 0.2) is 67.0 Å². The molecule has 4 rings (SSSR count). The number of H-pyrrole nitrogens is 1. The fourth-order valence-electron chi connectivity index (χ4n) is 2.44. The van der Waals surface area contributed by atoms with Gasteiger partial charge in [0.1, 0.15) is 11.6 Å². The number of hydrogen-bond acceptors (Lipinski definition) is 1. The van der Waals surface area contributed by atoms with Crippen LogP contribution in [-0.2, 0) is 0 Å². The fourth-order valence-corrected chi connectivity index (χ4v) is 2.44. The number of benzene rings is 2. The van der Waals surface area contributed by atoms with E-state index in [1.165, 1.54) is 12.1 Å². The Morgan fingerprint density at radius 1 is 0.952 bits per heavy atom. The maximum absolute atomic E-state index is 13.2. The maximum Gasteiger partial charge on any atom is 0.138 e. The first-order valence-electron chi connectivity index (χ1n) is 6.69. The summed E-state index contributed by atoms with van der Waals surface area (Å²) in [6.07, 6.45) is 3.99. The third-order valence-electron chi connectivity index (χ3n) is 3.47. The average Bonchev–Trinajstić information content (AvgIpc) is 3.16. The molecule has 2 aromatic carbocycles. The summed E-state index contributed by atoms with van der Waals surface area (Å²) in [6, 6.07) is 16.6. The monoisotopic (exact) mass is 277 g/mol. The van der Waals surface area contributed by atoms with Crippen LogP contribution in [0.25, 0.3) is 28.1 Å². The number of rotatable bonds is 2. The van der Waals surface area contributed by atoms with Gasteiger partial charge >= 0.3 is 0 Å². The predicted molar refractivity (Wildman–Crippen MR) is 80.8 cm³/mol. The summed E-state index contributed by atoms with van der Waals surface area (Å²) in [7, 11) is 0. The number of hydrogen-bond donors (Lipinski definition) is 1. The largest absolute Gasteiger partial charge is 0.338 e. The van der Waals surface area contributed by atoms with Crippen LogP contribution in [-0.4, -0.2) is 14.5 Å². The SMILES string of the molecule is Fc1ccc2nc(-c3cccc(-n4cccc4)c3)[nH]c2c1. The van der Waals surface area contributed by atoms with Gasteiger partial charge in [-0.2, -0.15) is 0 Å². The number of aromatic nitrogens is 3. The number of aromatic amines is 1. The third-order valence-corrected chi connectivity index (χ3v) is 3.47. The first-order valence-corrected chi connectivity index (χ1v) is 6.69. The first-order chi connectivity index (χ1) is 10.3. The van der Waals surface area contributed by atoms with Crippen molar-refractivity contribution < 1.29 is 4.39 Å². The van der Waals surface area contributed by atoms with Gasteiger partial charge in [0, 0.05) is 23.6 Å². The predicted octanol–water partition coefficient (Wildman–Crippen LogP) is 4.16. The highest BCUT2D eigenvalue weighted by molar-refractivity contribution is 5.79. The summed E-state index contributed by atoms with van der Waals surface area (Å²) in [5, 5.41) is 0. The van der Waals surface area contributed by atoms with Crippen molar-refractivity contribution >= 4 is 11.0 Å². The highest BCUT2D eigenvalue weighted by atomic mass is 19.1. The third kappa shape index (κ3) is 2.10. The molecule has 1 N–H and O–H groups in total. The zero-order valence-electron chi connectivity index (χ0n) is 11.1. The van der Waals surface area contributed by atoms with Crippen LogP contribution in [0.3, 0.4) is 0 Å². The topological polar surface area (TPSA) is 33.6 Å². The lowest BCUT2D eigenvalue weighted by Gasteiger charge is -2.04. The van der Waals surface area contributed by atoms with E-state index >= 15 is 0 Å². The van der Waals surface area contributed by atoms with Crippen molar-refractivity contribution in [1.29, 1.82) is 0 Å². The zero-order valence-corrected chi connectivity index (χ0v) is 11.1. The molecule has 0 aliphatic heterocycles. The summed E-state index contributed by atoms with van der Waals surface area (Å²) in [6.45, 7) is 0. The molecule has 4 heteroatoms. The van der Waals surface area contributed by atoms with Gasteiger partial charge in [0.15, 0.2) is 0 Å². The van der Waals surface area contributed by atoms with Crippen molar-refractivity contribution in [2.24, 2.45) is 0 Å². The molecule has 0 saturated heterocycles. The average molecular weight is 277 g/mol. The van der Waals surface area contributed by atoms with Gasteiger partial charge in [-0.3, -0.25) is 0 Å². The standard InChI is InChI=1S/C17H12FN3/c18-13-6-7-15-16(11-13)20-17(19-15)12-4-3-5-14(10-12)21-8-1-2-9-21/h1-11H,(H,19,20). The van der Waals surface area contributed by atoms with Crippen LogP contribution in [0, 0.1) is 5.82 Å². The first kappa shape index (κ1) is 11.9. The molecule has 21 heavy (non-hydrogen) atoms. The fraction of sp³-hybridized carbons (Fsp3) is 0. The van der Waals surface area contributed by atoms with E-state index in [9.17, 15) is 4.39 Å². The zero-order chi connectivity index (χ0) is 14.2. The van der Waals surface area contributed by atoms with Gasteiger partial charge in [-0.15, -0.1) is 0 Å². The minimum Gasteiger partial charge on any atom is -0.338 e. The molecule has 0 aliphatic carbocycles. The van der Waals surface area contributed by atoms with E-state index in [2.05, 4.69) is 9.97 Å². The van der Waals surface area contributed by atoms with Crippen LogP contribution < -0.4 is 0 Å². The molecule has 3 nitrogen and oxygen atoms in total. The van der Waals surface area contributed by atoms with Crippen molar-refractivity contribution in [1.82, 2.24) is 14.5 Å². The molecule has 0 saturated carbocycles. The van der Waals surface area contributed by atoms with E-state index < -0.39 is 0 Å². The molecule has 4 aromatic rings. The van der Waals surface area contributed by atoms with Crippen LogP contribution in [0.5, 0.6) is 0 Å². The summed E-state index contributed by atoms with van der Waals surface area (Å²) < 4.78 is 15.3. The van der Waals surface area contributed by atoms with Gasteiger partial charge in [0.25, 0.3) is 0 Å². The molecule has 0 unspecified atom stereocenters. The molecule has 0 spiro atoms. The van der Waals surface area contributed by atoms with Gasteiger partial charge in [-0.25, -0.2) is 9.37 Å². The van der Waals surface area contributed by atoms with Gasteiger partial charge in [-0.05, 0) is 42.5 Å². The van der Waals surface area contributed by atoms with Gasteiger partial charge < -0.3 is 9.55 Å². The molecule has 102 valence electrons. The summed E-state index contributed by atoms with van der Waals surface area (Å²) in [4.78, 5) is 7.68. The Bertz CT molecular complexity index is 907. The van der Waals surface area contributed by atoms with Gasteiger partial charge in [0.05, 0.1) is 11.0 Å². The Morgan fingerprint density at radius 2 is 1.81 bits per heavy atom. The minimum absolute atomic E-state index is 0.265. The molecule has 2 aromatic heterocycles. The van der Waals surface area contributed by atoms with E-state index in [1.54, 1.807) is 6.07 Å². The van der Waals surface area contributed by atoms with Crippen molar-refractivity contribution in [2.45, 2.75) is 0 Å². The van der Waals surface area contributed by atoms with Gasteiger partial charge in [-0.1, -0.05) is 12.1 Å². The minimum atomic E-state index is -0.265. The molecular formula is C17H12FN3. The van der Waals surface area contributed by atoms with Crippen LogP contribution >= 0.6 is 0 Å². The quantitative estimate of drug-likeness (QED) is 0.586. The molecule has 0 amide bonds. The number of nitrogens with one attached hydrogen (secondary N) is 1. The number of nitrogens with zero attached hydrogens (tertiary/aromatic N) is 2. The summed E-state index contributed by atoms with van der Waals surface area (Å²) in [5.41, 5.74) is 3.50. The highest BCUT2D eigenvalue weighted by Crippen LogP contribution is 2.23. The van der Waals surface area contributed by atoms with Crippen LogP contribution in [0.4, 0.5) is 4.39 Å². The molecule has 0 radical (unpaired) electrons. The van der Waals surface area contributed by atoms with E-state index in [1.807, 2.05) is 53.4 Å². The molecule has 0 atom stereocenters. The molecular weight excluding hydrogens is 265 g/mol. The molecule has 0 fully saturated rings. The maximum atomic E-state index is 13.2. The summed E-state index contributed by atoms with van der Waals surface area (Å²) in [5.74, 6) is 0.475. The molecule has 0 bridgehead atoms. The molecule has 0 aliphatic rings. The number of fused-ring (bicyclic) bond motifs is 1. The van der Waals surface area contributed by atoms with Crippen LogP contribution in [0.2, 0.25) is 0 Å². The smallest absolute Gasteiger partial charge is 0.138 e. The normalized spacial score (nSPS) is 11.1. The lowest BCUT2D eigenvalue weighted by atomic mass is 10.2. The Kier molecular flexibility index (Phi) is 2.60. The van der Waals surface area contributed by atoms with E-state index in [-0.39, 0.29) is 5.82 Å². The van der Waals surface area contributed by atoms with E-state index in [0.717, 1.165) is 22.6 Å². The Labute approximate surface area is 120 Å². The Morgan fingerprint density at radius 3 is 2.67 bits per heavy atom. The van der Waals surface area contributed by atoms with Crippen molar-refractivity contribution in [3.8, 4) is 17.1 Å². The van der Waals surface area contributed by atoms with Crippen LogP contribution in [0.1, 0.15) is 0 Å². The second-order valence-corrected chi connectivity index (χ2v) is 4.89. The number of halogens is 1. The molecule has 2 heterocycles. The van der Waals surface area contributed by atoms with E-state index in [4.69, 9.17) is 0 Å². The highest BCUT2D eigenvalue weighted by Gasteiger charge is 2.07.